The Morgan fingerprint density at radius 1 is 1.17 bits per heavy atom. The SMILES string of the molecule is CC[C@@]1(O)C(=O)OCc2c1cc1n(c2=O)Cc2c-1nc1cc(F)c(C)c3c1c2C(CO)(CO)CC3. The summed E-state index contributed by atoms with van der Waals surface area (Å²) in [6.07, 6.45) is 0.929. The molecule has 182 valence electrons. The Hall–Kier alpha value is -3.14. The third kappa shape index (κ3) is 2.63. The van der Waals surface area contributed by atoms with Gasteiger partial charge in [0.1, 0.15) is 12.4 Å². The van der Waals surface area contributed by atoms with Gasteiger partial charge in [-0.1, -0.05) is 6.92 Å². The maximum atomic E-state index is 14.9. The van der Waals surface area contributed by atoms with Gasteiger partial charge in [0.15, 0.2) is 5.60 Å². The lowest BCUT2D eigenvalue weighted by molar-refractivity contribution is -0.172. The predicted molar refractivity (Wildman–Crippen MR) is 123 cm³/mol. The normalized spacial score (nSPS) is 21.5. The molecule has 2 aliphatic heterocycles. The number of hydrogen-bond acceptors (Lipinski definition) is 7. The topological polar surface area (TPSA) is 122 Å². The van der Waals surface area contributed by atoms with Crippen molar-refractivity contribution in [1.82, 2.24) is 9.55 Å². The van der Waals surface area contributed by atoms with Crippen molar-refractivity contribution in [3.8, 4) is 11.4 Å². The molecule has 1 atom stereocenters. The van der Waals surface area contributed by atoms with E-state index in [9.17, 15) is 29.3 Å². The smallest absolute Gasteiger partial charge is 0.343 e. The van der Waals surface area contributed by atoms with Crippen LogP contribution in [0.2, 0.25) is 0 Å². The highest BCUT2D eigenvalue weighted by Crippen LogP contribution is 2.48. The van der Waals surface area contributed by atoms with Crippen molar-refractivity contribution >= 4 is 16.9 Å². The van der Waals surface area contributed by atoms with Crippen molar-refractivity contribution in [2.45, 2.75) is 57.3 Å². The summed E-state index contributed by atoms with van der Waals surface area (Å²) in [4.78, 5) is 30.7. The van der Waals surface area contributed by atoms with Gasteiger partial charge in [0.05, 0.1) is 42.2 Å². The Morgan fingerprint density at radius 3 is 2.60 bits per heavy atom. The number of rotatable bonds is 3. The van der Waals surface area contributed by atoms with Crippen LogP contribution >= 0.6 is 0 Å². The number of carbonyl (C=O) groups excluding carboxylic acids is 1. The third-order valence-electron chi connectivity index (χ3n) is 8.29. The zero-order valence-corrected chi connectivity index (χ0v) is 19.4. The molecule has 8 nitrogen and oxygen atoms in total. The van der Waals surface area contributed by atoms with Crippen molar-refractivity contribution < 1.29 is 29.2 Å². The van der Waals surface area contributed by atoms with Gasteiger partial charge in [0.25, 0.3) is 5.56 Å². The van der Waals surface area contributed by atoms with E-state index < -0.39 is 28.4 Å². The Labute approximate surface area is 199 Å². The molecule has 0 bridgehead atoms. The number of aliphatic hydroxyl groups is 3. The van der Waals surface area contributed by atoms with Gasteiger partial charge in [-0.3, -0.25) is 4.79 Å². The molecule has 0 fully saturated rings. The van der Waals surface area contributed by atoms with Crippen molar-refractivity contribution in [2.75, 3.05) is 13.2 Å². The second-order valence-electron chi connectivity index (χ2n) is 9.87. The van der Waals surface area contributed by atoms with E-state index in [2.05, 4.69) is 0 Å². The number of aliphatic hydroxyl groups excluding tert-OH is 2. The zero-order chi connectivity index (χ0) is 24.9. The number of esters is 1. The standard InChI is InChI=1S/C26H25FN2O6/c1-3-26(34)16-6-19-22-14(8-29(19)23(32)15(16)9-35-24(26)33)21-20-13(4-5-25(21,10-30)11-31)12(2)17(27)7-18(20)28-22/h6-7,30-31,34H,3-5,8-11H2,1-2H3/t26-/m0/s1. The van der Waals surface area contributed by atoms with Crippen molar-refractivity contribution in [3.63, 3.8) is 0 Å². The number of halogens is 1. The number of ether oxygens (including phenoxy) is 1. The highest BCUT2D eigenvalue weighted by molar-refractivity contribution is 5.94. The summed E-state index contributed by atoms with van der Waals surface area (Å²) in [7, 11) is 0. The van der Waals surface area contributed by atoms with Crippen LogP contribution in [0.25, 0.3) is 22.3 Å². The van der Waals surface area contributed by atoms with Gasteiger partial charge in [-0.15, -0.1) is 0 Å². The number of aryl methyl sites for hydroxylation is 1. The fraction of sp³-hybridized carbons (Fsp3) is 0.423. The summed E-state index contributed by atoms with van der Waals surface area (Å²) >= 11 is 0. The van der Waals surface area contributed by atoms with Crippen molar-refractivity contribution in [2.24, 2.45) is 0 Å². The summed E-state index contributed by atoms with van der Waals surface area (Å²) in [6, 6.07) is 2.95. The maximum absolute atomic E-state index is 14.9. The van der Waals surface area contributed by atoms with Crippen LogP contribution < -0.4 is 5.56 Å². The molecule has 1 aliphatic carbocycles. The summed E-state index contributed by atoms with van der Waals surface area (Å²) < 4.78 is 21.5. The minimum atomic E-state index is -1.95. The first-order chi connectivity index (χ1) is 16.7. The fourth-order valence-electron chi connectivity index (χ4n) is 6.14. The minimum absolute atomic E-state index is 0.0248. The lowest BCUT2D eigenvalue weighted by Crippen LogP contribution is -2.44. The van der Waals surface area contributed by atoms with Gasteiger partial charge in [-0.05, 0) is 48.9 Å². The number of aromatic nitrogens is 2. The monoisotopic (exact) mass is 480 g/mol. The van der Waals surface area contributed by atoms with Gasteiger partial charge in [0, 0.05) is 28.0 Å². The summed E-state index contributed by atoms with van der Waals surface area (Å²) in [5, 5.41) is 32.7. The number of carbonyl (C=O) groups is 1. The molecule has 3 aliphatic rings. The second-order valence-corrected chi connectivity index (χ2v) is 9.87. The minimum Gasteiger partial charge on any atom is -0.458 e. The first-order valence-electron chi connectivity index (χ1n) is 11.7. The molecule has 0 radical (unpaired) electrons. The molecule has 35 heavy (non-hydrogen) atoms. The van der Waals surface area contributed by atoms with E-state index in [0.29, 0.717) is 51.8 Å². The highest BCUT2D eigenvalue weighted by Gasteiger charge is 2.47. The maximum Gasteiger partial charge on any atom is 0.343 e. The van der Waals surface area contributed by atoms with Gasteiger partial charge in [-0.2, -0.15) is 0 Å². The van der Waals surface area contributed by atoms with E-state index in [-0.39, 0.29) is 43.9 Å². The molecule has 6 rings (SSSR count). The Bertz CT molecular complexity index is 1520. The quantitative estimate of drug-likeness (QED) is 0.382. The Kier molecular flexibility index (Phi) is 4.59. The number of hydrogen-bond donors (Lipinski definition) is 3. The molecule has 0 amide bonds. The highest BCUT2D eigenvalue weighted by atomic mass is 19.1. The van der Waals surface area contributed by atoms with E-state index in [1.165, 1.54) is 10.6 Å². The van der Waals surface area contributed by atoms with Gasteiger partial charge >= 0.3 is 5.97 Å². The van der Waals surface area contributed by atoms with Crippen LogP contribution in [0.1, 0.15) is 53.1 Å². The van der Waals surface area contributed by atoms with Crippen LogP contribution in [0.4, 0.5) is 4.39 Å². The van der Waals surface area contributed by atoms with Gasteiger partial charge < -0.3 is 24.6 Å². The van der Waals surface area contributed by atoms with Gasteiger partial charge in [0.2, 0.25) is 0 Å². The van der Waals surface area contributed by atoms with Crippen LogP contribution in [-0.4, -0.2) is 44.1 Å². The van der Waals surface area contributed by atoms with Crippen molar-refractivity contribution in [3.05, 3.63) is 61.7 Å². The average molecular weight is 480 g/mol. The van der Waals surface area contributed by atoms with Crippen molar-refractivity contribution in [1.29, 1.82) is 0 Å². The number of pyridine rings is 2. The van der Waals surface area contributed by atoms with Crippen LogP contribution in [0.5, 0.6) is 0 Å². The number of nitrogens with zero attached hydrogens (tertiary/aromatic N) is 2. The van der Waals surface area contributed by atoms with E-state index in [1.807, 2.05) is 0 Å². The molecule has 0 saturated heterocycles. The molecule has 2 aromatic heterocycles. The first-order valence-corrected chi connectivity index (χ1v) is 11.7. The fourth-order valence-corrected chi connectivity index (χ4v) is 6.14. The average Bonchev–Trinajstić information content (AvgIpc) is 3.23. The summed E-state index contributed by atoms with van der Waals surface area (Å²) in [5.41, 5.74) is 0.961. The molecule has 9 heteroatoms. The van der Waals surface area contributed by atoms with Crippen LogP contribution in [0.15, 0.2) is 16.9 Å². The third-order valence-corrected chi connectivity index (χ3v) is 8.29. The molecule has 4 heterocycles. The largest absolute Gasteiger partial charge is 0.458 e. The second kappa shape index (κ2) is 7.19. The van der Waals surface area contributed by atoms with Crippen LogP contribution in [-0.2, 0) is 40.1 Å². The molecular formula is C26H25FN2O6. The van der Waals surface area contributed by atoms with E-state index in [4.69, 9.17) is 9.72 Å². The van der Waals surface area contributed by atoms with Gasteiger partial charge in [-0.25, -0.2) is 14.2 Å². The summed E-state index contributed by atoms with van der Waals surface area (Å²) in [6.45, 7) is 2.62. The number of benzene rings is 1. The lowest BCUT2D eigenvalue weighted by atomic mass is 9.68. The first kappa shape index (κ1) is 22.3. The zero-order valence-electron chi connectivity index (χ0n) is 19.4. The molecule has 0 spiro atoms. The Morgan fingerprint density at radius 2 is 1.91 bits per heavy atom. The lowest BCUT2D eigenvalue weighted by Gasteiger charge is -2.38. The van der Waals surface area contributed by atoms with E-state index >= 15 is 0 Å². The molecular weight excluding hydrogens is 455 g/mol. The molecule has 3 N–H and O–H groups in total. The molecule has 0 unspecified atom stereocenters. The molecule has 0 saturated carbocycles. The van der Waals surface area contributed by atoms with Crippen LogP contribution in [0.3, 0.4) is 0 Å². The van der Waals surface area contributed by atoms with E-state index in [0.717, 1.165) is 5.56 Å². The number of fused-ring (bicyclic) bond motifs is 5. The molecule has 3 aromatic rings. The summed E-state index contributed by atoms with van der Waals surface area (Å²) in [5.74, 6) is -1.20. The molecule has 1 aromatic carbocycles. The number of cyclic esters (lactones) is 1. The predicted octanol–water partition coefficient (Wildman–Crippen LogP) is 1.70. The van der Waals surface area contributed by atoms with E-state index in [1.54, 1.807) is 19.9 Å². The Balaban J connectivity index is 1.73. The van der Waals surface area contributed by atoms with Crippen LogP contribution in [0, 0.1) is 12.7 Å².